The van der Waals surface area contributed by atoms with Gasteiger partial charge in [0.15, 0.2) is 0 Å². The number of aryl methyl sites for hydroxylation is 1. The monoisotopic (exact) mass is 309 g/mol. The highest BCUT2D eigenvalue weighted by Crippen LogP contribution is 2.34. The fourth-order valence-corrected chi connectivity index (χ4v) is 1.98. The van der Waals surface area contributed by atoms with Gasteiger partial charge >= 0.3 is 6.36 Å². The summed E-state index contributed by atoms with van der Waals surface area (Å²) in [5.41, 5.74) is 0.861. The first-order chi connectivity index (χ1) is 10.4. The molecule has 0 fully saturated rings. The zero-order chi connectivity index (χ0) is 16.2. The van der Waals surface area contributed by atoms with Gasteiger partial charge in [-0.15, -0.1) is 13.2 Å². The first-order valence-electron chi connectivity index (χ1n) is 6.75. The van der Waals surface area contributed by atoms with E-state index in [2.05, 4.69) is 9.84 Å². The van der Waals surface area contributed by atoms with Crippen molar-refractivity contribution in [2.45, 2.75) is 32.7 Å². The second kappa shape index (κ2) is 6.52. The zero-order valence-corrected chi connectivity index (χ0v) is 11.9. The van der Waals surface area contributed by atoms with Crippen LogP contribution in [0.15, 0.2) is 30.6 Å². The third-order valence-corrected chi connectivity index (χ3v) is 3.02. The van der Waals surface area contributed by atoms with Gasteiger partial charge in [0.2, 0.25) is 0 Å². The number of unbranched alkanes of at least 4 members (excludes halogenated alkanes) is 1. The van der Waals surface area contributed by atoms with Crippen molar-refractivity contribution in [3.63, 3.8) is 0 Å². The summed E-state index contributed by atoms with van der Waals surface area (Å²) in [6.07, 6.45) is 0.260. The van der Waals surface area contributed by atoms with E-state index in [4.69, 9.17) is 5.26 Å². The second-order valence-electron chi connectivity index (χ2n) is 4.72. The summed E-state index contributed by atoms with van der Waals surface area (Å²) < 4.78 is 43.3. The molecule has 0 spiro atoms. The highest BCUT2D eigenvalue weighted by Gasteiger charge is 2.32. The van der Waals surface area contributed by atoms with Gasteiger partial charge in [-0.05, 0) is 24.6 Å². The standard InChI is InChI=1S/C15H14F3N3O/c1-2-3-6-21-10-12(9-20-21)13-5-4-11(8-19)7-14(13)22-15(16,17)18/h4-5,7,9-10H,2-3,6H2,1H3. The molecule has 1 aromatic heterocycles. The summed E-state index contributed by atoms with van der Waals surface area (Å²) in [5, 5.41) is 12.9. The van der Waals surface area contributed by atoms with Gasteiger partial charge < -0.3 is 4.74 Å². The quantitative estimate of drug-likeness (QED) is 0.834. The van der Waals surface area contributed by atoms with Crippen molar-refractivity contribution in [3.05, 3.63) is 36.2 Å². The van der Waals surface area contributed by atoms with Crippen molar-refractivity contribution in [1.29, 1.82) is 5.26 Å². The second-order valence-corrected chi connectivity index (χ2v) is 4.72. The van der Waals surface area contributed by atoms with Gasteiger partial charge in [-0.25, -0.2) is 0 Å². The molecule has 0 aliphatic carbocycles. The Morgan fingerprint density at radius 2 is 2.14 bits per heavy atom. The molecule has 0 amide bonds. The molecule has 1 heterocycles. The number of ether oxygens (including phenoxy) is 1. The molecule has 116 valence electrons. The van der Waals surface area contributed by atoms with Crippen LogP contribution in [0, 0.1) is 11.3 Å². The van der Waals surface area contributed by atoms with Gasteiger partial charge in [0.25, 0.3) is 0 Å². The van der Waals surface area contributed by atoms with Gasteiger partial charge in [0, 0.05) is 23.9 Å². The molecule has 1 aromatic carbocycles. The molecule has 0 atom stereocenters. The molecule has 0 aliphatic rings. The van der Waals surface area contributed by atoms with E-state index in [0.29, 0.717) is 12.1 Å². The maximum Gasteiger partial charge on any atom is 0.573 e. The van der Waals surface area contributed by atoms with E-state index < -0.39 is 12.1 Å². The molecule has 2 aromatic rings. The Labute approximate surface area is 125 Å². The molecule has 22 heavy (non-hydrogen) atoms. The van der Waals surface area contributed by atoms with Gasteiger partial charge in [0.05, 0.1) is 17.8 Å². The van der Waals surface area contributed by atoms with Gasteiger partial charge in [-0.3, -0.25) is 4.68 Å². The average molecular weight is 309 g/mol. The van der Waals surface area contributed by atoms with E-state index in [1.54, 1.807) is 16.9 Å². The lowest BCUT2D eigenvalue weighted by molar-refractivity contribution is -0.274. The van der Waals surface area contributed by atoms with E-state index in [1.807, 2.05) is 6.92 Å². The molecular formula is C15H14F3N3O. The fraction of sp³-hybridized carbons (Fsp3) is 0.333. The Morgan fingerprint density at radius 1 is 1.36 bits per heavy atom. The number of benzene rings is 1. The maximum atomic E-state index is 12.5. The number of nitriles is 1. The lowest BCUT2D eigenvalue weighted by Gasteiger charge is -2.12. The van der Waals surface area contributed by atoms with Crippen molar-refractivity contribution in [2.24, 2.45) is 0 Å². The summed E-state index contributed by atoms with van der Waals surface area (Å²) in [4.78, 5) is 0. The maximum absolute atomic E-state index is 12.5. The molecule has 0 unspecified atom stereocenters. The van der Waals surface area contributed by atoms with Crippen LogP contribution in [0.4, 0.5) is 13.2 Å². The van der Waals surface area contributed by atoms with Crippen LogP contribution in [0.2, 0.25) is 0 Å². The normalized spacial score (nSPS) is 11.2. The topological polar surface area (TPSA) is 50.8 Å². The lowest BCUT2D eigenvalue weighted by Crippen LogP contribution is -2.17. The van der Waals surface area contributed by atoms with E-state index in [-0.39, 0.29) is 11.1 Å². The molecule has 2 rings (SSSR count). The highest BCUT2D eigenvalue weighted by atomic mass is 19.4. The molecule has 0 saturated carbocycles. The summed E-state index contributed by atoms with van der Waals surface area (Å²) in [5.74, 6) is -0.401. The Balaban J connectivity index is 2.37. The lowest BCUT2D eigenvalue weighted by atomic mass is 10.1. The molecule has 0 bridgehead atoms. The van der Waals surface area contributed by atoms with Crippen molar-refractivity contribution in [3.8, 4) is 22.9 Å². The number of nitrogens with zero attached hydrogens (tertiary/aromatic N) is 3. The largest absolute Gasteiger partial charge is 0.573 e. The van der Waals surface area contributed by atoms with Crippen LogP contribution in [0.1, 0.15) is 25.3 Å². The number of hydrogen-bond acceptors (Lipinski definition) is 3. The molecule has 0 N–H and O–H groups in total. The minimum absolute atomic E-state index is 0.0985. The van der Waals surface area contributed by atoms with Crippen LogP contribution in [-0.2, 0) is 6.54 Å². The van der Waals surface area contributed by atoms with Crippen LogP contribution < -0.4 is 4.74 Å². The summed E-state index contributed by atoms with van der Waals surface area (Å²) >= 11 is 0. The minimum Gasteiger partial charge on any atom is -0.405 e. The van der Waals surface area contributed by atoms with Crippen molar-refractivity contribution < 1.29 is 17.9 Å². The Bertz CT molecular complexity index is 686. The van der Waals surface area contributed by atoms with Crippen LogP contribution in [-0.4, -0.2) is 16.1 Å². The third kappa shape index (κ3) is 4.01. The molecule has 7 heteroatoms. The molecular weight excluding hydrogens is 295 g/mol. The summed E-state index contributed by atoms with van der Waals surface area (Å²) in [6, 6.07) is 5.75. The van der Waals surface area contributed by atoms with E-state index in [0.717, 1.165) is 18.9 Å². The smallest absolute Gasteiger partial charge is 0.405 e. The van der Waals surface area contributed by atoms with E-state index >= 15 is 0 Å². The molecule has 0 radical (unpaired) electrons. The van der Waals surface area contributed by atoms with Crippen LogP contribution in [0.5, 0.6) is 5.75 Å². The summed E-state index contributed by atoms with van der Waals surface area (Å²) in [7, 11) is 0. The zero-order valence-electron chi connectivity index (χ0n) is 11.9. The van der Waals surface area contributed by atoms with Gasteiger partial charge in [0.1, 0.15) is 5.75 Å². The number of hydrogen-bond donors (Lipinski definition) is 0. The molecule has 0 aliphatic heterocycles. The number of rotatable bonds is 5. The van der Waals surface area contributed by atoms with Crippen LogP contribution in [0.25, 0.3) is 11.1 Å². The number of alkyl halides is 3. The van der Waals surface area contributed by atoms with Crippen molar-refractivity contribution in [2.75, 3.05) is 0 Å². The number of halogens is 3. The van der Waals surface area contributed by atoms with Crippen LogP contribution in [0.3, 0.4) is 0 Å². The average Bonchev–Trinajstić information content (AvgIpc) is 2.91. The van der Waals surface area contributed by atoms with Gasteiger partial charge in [-0.1, -0.05) is 13.3 Å². The third-order valence-electron chi connectivity index (χ3n) is 3.02. The van der Waals surface area contributed by atoms with Crippen molar-refractivity contribution in [1.82, 2.24) is 9.78 Å². The fourth-order valence-electron chi connectivity index (χ4n) is 1.98. The van der Waals surface area contributed by atoms with E-state index in [1.165, 1.54) is 18.3 Å². The predicted molar refractivity (Wildman–Crippen MR) is 74.0 cm³/mol. The Hall–Kier alpha value is -2.49. The molecule has 0 saturated heterocycles. The molecule has 4 nitrogen and oxygen atoms in total. The first-order valence-corrected chi connectivity index (χ1v) is 6.75. The predicted octanol–water partition coefficient (Wildman–Crippen LogP) is 4.12. The number of aromatic nitrogens is 2. The highest BCUT2D eigenvalue weighted by molar-refractivity contribution is 5.70. The first kappa shape index (κ1) is 15.9. The Morgan fingerprint density at radius 3 is 2.77 bits per heavy atom. The van der Waals surface area contributed by atoms with Crippen LogP contribution >= 0.6 is 0 Å². The Kier molecular flexibility index (Phi) is 4.71. The summed E-state index contributed by atoms with van der Waals surface area (Å²) in [6.45, 7) is 2.74. The van der Waals surface area contributed by atoms with Gasteiger partial charge in [-0.2, -0.15) is 10.4 Å². The SMILES string of the molecule is CCCCn1cc(-c2ccc(C#N)cc2OC(F)(F)F)cn1. The minimum atomic E-state index is -4.82. The van der Waals surface area contributed by atoms with E-state index in [9.17, 15) is 13.2 Å². The van der Waals surface area contributed by atoms with Crippen molar-refractivity contribution >= 4 is 0 Å².